The molecule has 0 aliphatic rings. The van der Waals surface area contributed by atoms with Crippen molar-refractivity contribution in [3.8, 4) is 0 Å². The van der Waals surface area contributed by atoms with Crippen molar-refractivity contribution >= 4 is 50.7 Å². The number of nitrogens with one attached hydrogen (secondary N) is 1. The van der Waals surface area contributed by atoms with Crippen LogP contribution in [0.15, 0.2) is 47.1 Å². The lowest BCUT2D eigenvalue weighted by Gasteiger charge is -2.07. The molecular weight excluding hydrogens is 358 g/mol. The van der Waals surface area contributed by atoms with Crippen molar-refractivity contribution in [1.29, 1.82) is 0 Å². The first kappa shape index (κ1) is 13.9. The maximum absolute atomic E-state index is 11.5. The highest BCUT2D eigenvalue weighted by atomic mass is 79.9. The van der Waals surface area contributed by atoms with Gasteiger partial charge in [0.05, 0.1) is 10.7 Å². The monoisotopic (exact) mass is 365 g/mol. The Kier molecular flexibility index (Phi) is 3.57. The Balaban J connectivity index is 2.12. The van der Waals surface area contributed by atoms with Crippen LogP contribution in [0.1, 0.15) is 10.5 Å². The number of aromatic nitrogens is 2. The highest BCUT2D eigenvalue weighted by Crippen LogP contribution is 2.29. The van der Waals surface area contributed by atoms with Crippen LogP contribution in [0.4, 0.5) is 11.5 Å². The Bertz CT molecular complexity index is 847. The molecule has 0 aliphatic heterocycles. The van der Waals surface area contributed by atoms with Crippen molar-refractivity contribution in [2.45, 2.75) is 0 Å². The highest BCUT2D eigenvalue weighted by Gasteiger charge is 2.19. The van der Waals surface area contributed by atoms with Crippen molar-refractivity contribution < 1.29 is 9.90 Å². The second-order valence-electron chi connectivity index (χ2n) is 4.29. The third-order valence-corrected chi connectivity index (χ3v) is 3.72. The zero-order valence-corrected chi connectivity index (χ0v) is 12.9. The van der Waals surface area contributed by atoms with Crippen molar-refractivity contribution in [2.75, 3.05) is 5.32 Å². The predicted octanol–water partition coefficient (Wildman–Crippen LogP) is 4.19. The molecule has 2 heterocycles. The van der Waals surface area contributed by atoms with Crippen LogP contribution in [0.2, 0.25) is 5.02 Å². The number of nitrogens with zero attached hydrogens (tertiary/aromatic N) is 2. The molecule has 0 radical (unpaired) electrons. The van der Waals surface area contributed by atoms with Gasteiger partial charge in [-0.1, -0.05) is 33.6 Å². The van der Waals surface area contributed by atoms with Crippen molar-refractivity contribution in [3.63, 3.8) is 0 Å². The molecule has 0 saturated heterocycles. The molecule has 0 aliphatic carbocycles. The van der Waals surface area contributed by atoms with E-state index in [0.717, 1.165) is 4.47 Å². The van der Waals surface area contributed by atoms with Gasteiger partial charge in [0.1, 0.15) is 5.65 Å². The number of rotatable bonds is 3. The van der Waals surface area contributed by atoms with E-state index in [4.69, 9.17) is 11.6 Å². The first-order chi connectivity index (χ1) is 10.1. The number of carbonyl (C=O) groups is 1. The second-order valence-corrected chi connectivity index (χ2v) is 5.62. The summed E-state index contributed by atoms with van der Waals surface area (Å²) >= 11 is 9.46. The van der Waals surface area contributed by atoms with Crippen LogP contribution in [0.3, 0.4) is 0 Å². The summed E-state index contributed by atoms with van der Waals surface area (Å²) in [5.74, 6) is -0.817. The fourth-order valence-corrected chi connectivity index (χ4v) is 2.73. The van der Waals surface area contributed by atoms with Crippen LogP contribution in [-0.4, -0.2) is 20.5 Å². The molecule has 0 atom stereocenters. The number of hydrogen-bond acceptors (Lipinski definition) is 3. The predicted molar refractivity (Wildman–Crippen MR) is 84.6 cm³/mol. The third kappa shape index (κ3) is 2.59. The molecule has 2 aromatic heterocycles. The van der Waals surface area contributed by atoms with E-state index in [1.807, 2.05) is 6.07 Å². The molecule has 7 heteroatoms. The fraction of sp³-hybridized carbons (Fsp3) is 0. The molecule has 1 aromatic carbocycles. The molecule has 3 aromatic rings. The number of anilines is 2. The van der Waals surface area contributed by atoms with E-state index in [0.29, 0.717) is 16.4 Å². The summed E-state index contributed by atoms with van der Waals surface area (Å²) in [5, 5.41) is 12.8. The zero-order chi connectivity index (χ0) is 15.0. The van der Waals surface area contributed by atoms with Gasteiger partial charge in [-0.3, -0.25) is 4.40 Å². The van der Waals surface area contributed by atoms with E-state index in [9.17, 15) is 9.90 Å². The van der Waals surface area contributed by atoms with Gasteiger partial charge in [0.25, 0.3) is 0 Å². The van der Waals surface area contributed by atoms with Gasteiger partial charge in [-0.2, -0.15) is 0 Å². The molecule has 2 N–H and O–H groups in total. The van der Waals surface area contributed by atoms with Crippen LogP contribution >= 0.6 is 27.5 Å². The number of carboxylic acids is 1. The minimum atomic E-state index is -1.07. The molecule has 0 saturated carbocycles. The van der Waals surface area contributed by atoms with Crippen molar-refractivity contribution in [1.82, 2.24) is 9.38 Å². The number of imidazole rings is 1. The average Bonchev–Trinajstić information content (AvgIpc) is 2.80. The minimum Gasteiger partial charge on any atom is -0.476 e. The first-order valence-electron chi connectivity index (χ1n) is 5.99. The van der Waals surface area contributed by atoms with Crippen molar-refractivity contribution in [3.05, 3.63) is 57.8 Å². The minimum absolute atomic E-state index is 0.0598. The summed E-state index contributed by atoms with van der Waals surface area (Å²) in [7, 11) is 0. The molecule has 0 bridgehead atoms. The quantitative estimate of drug-likeness (QED) is 0.729. The number of carboxylic acid groups (broad SMARTS) is 1. The van der Waals surface area contributed by atoms with Gasteiger partial charge < -0.3 is 10.4 Å². The van der Waals surface area contributed by atoms with Gasteiger partial charge in [-0.15, -0.1) is 0 Å². The third-order valence-electron chi connectivity index (χ3n) is 2.92. The average molecular weight is 367 g/mol. The largest absolute Gasteiger partial charge is 0.476 e. The lowest BCUT2D eigenvalue weighted by molar-refractivity contribution is 0.0690. The van der Waals surface area contributed by atoms with Crippen LogP contribution in [0.25, 0.3) is 5.65 Å². The van der Waals surface area contributed by atoms with E-state index in [1.165, 1.54) is 4.40 Å². The molecule has 0 unspecified atom stereocenters. The number of pyridine rings is 1. The van der Waals surface area contributed by atoms with E-state index >= 15 is 0 Å². The van der Waals surface area contributed by atoms with Crippen LogP contribution < -0.4 is 5.32 Å². The summed E-state index contributed by atoms with van der Waals surface area (Å²) in [6.45, 7) is 0. The summed E-state index contributed by atoms with van der Waals surface area (Å²) in [4.78, 5) is 15.8. The summed E-state index contributed by atoms with van der Waals surface area (Å²) in [6, 6.07) is 10.6. The smallest absolute Gasteiger partial charge is 0.356 e. The van der Waals surface area contributed by atoms with Gasteiger partial charge in [-0.05, 0) is 30.3 Å². The fourth-order valence-electron chi connectivity index (χ4n) is 2.01. The number of aromatic carboxylic acids is 1. The van der Waals surface area contributed by atoms with Gasteiger partial charge in [0.15, 0.2) is 11.5 Å². The maximum Gasteiger partial charge on any atom is 0.356 e. The van der Waals surface area contributed by atoms with E-state index in [1.54, 1.807) is 36.5 Å². The number of benzene rings is 1. The van der Waals surface area contributed by atoms with E-state index in [-0.39, 0.29) is 11.5 Å². The van der Waals surface area contributed by atoms with E-state index < -0.39 is 5.97 Å². The number of hydrogen-bond donors (Lipinski definition) is 2. The van der Waals surface area contributed by atoms with Crippen LogP contribution in [0.5, 0.6) is 0 Å². The Hall–Kier alpha value is -2.05. The van der Waals surface area contributed by atoms with Crippen LogP contribution in [0, 0.1) is 0 Å². The Labute approximate surface area is 133 Å². The Morgan fingerprint density at radius 1 is 1.33 bits per heavy atom. The van der Waals surface area contributed by atoms with Gasteiger partial charge >= 0.3 is 5.97 Å². The molecule has 0 spiro atoms. The summed E-state index contributed by atoms with van der Waals surface area (Å²) < 4.78 is 2.35. The molecule has 0 fully saturated rings. The lowest BCUT2D eigenvalue weighted by atomic mass is 10.3. The Morgan fingerprint density at radius 2 is 2.14 bits per heavy atom. The molecule has 5 nitrogen and oxygen atoms in total. The SMILES string of the molecule is O=C(O)c1c(Nc2ccc(Br)cc2Cl)nc2ccccn12. The number of halogens is 2. The second kappa shape index (κ2) is 5.38. The lowest BCUT2D eigenvalue weighted by Crippen LogP contribution is -2.05. The molecule has 106 valence electrons. The standard InChI is InChI=1S/C14H9BrClN3O2/c15-8-4-5-10(9(16)7-8)17-13-12(14(20)21)19-6-2-1-3-11(19)18-13/h1-7,17H,(H,20,21). The van der Waals surface area contributed by atoms with Gasteiger partial charge in [0.2, 0.25) is 0 Å². The highest BCUT2D eigenvalue weighted by molar-refractivity contribution is 9.10. The van der Waals surface area contributed by atoms with Gasteiger partial charge in [0, 0.05) is 10.7 Å². The van der Waals surface area contributed by atoms with Crippen LogP contribution in [-0.2, 0) is 0 Å². The van der Waals surface area contributed by atoms with Gasteiger partial charge in [-0.25, -0.2) is 9.78 Å². The molecular formula is C14H9BrClN3O2. The normalized spacial score (nSPS) is 10.8. The maximum atomic E-state index is 11.5. The number of fused-ring (bicyclic) bond motifs is 1. The zero-order valence-electron chi connectivity index (χ0n) is 10.5. The first-order valence-corrected chi connectivity index (χ1v) is 7.16. The van der Waals surface area contributed by atoms with Crippen molar-refractivity contribution in [2.24, 2.45) is 0 Å². The Morgan fingerprint density at radius 3 is 2.86 bits per heavy atom. The topological polar surface area (TPSA) is 66.6 Å². The summed E-state index contributed by atoms with van der Waals surface area (Å²) in [5.41, 5.74) is 1.20. The molecule has 3 rings (SSSR count). The molecule has 21 heavy (non-hydrogen) atoms. The van der Waals surface area contributed by atoms with E-state index in [2.05, 4.69) is 26.2 Å². The summed E-state index contributed by atoms with van der Waals surface area (Å²) in [6.07, 6.45) is 1.65. The molecule has 0 amide bonds.